The molecule has 1 N–H and O–H groups in total. The maximum Gasteiger partial charge on any atom is 0.149 e. The molecule has 19 heavy (non-hydrogen) atoms. The van der Waals surface area contributed by atoms with Crippen LogP contribution in [0.15, 0.2) is 0 Å². The molecule has 0 aromatic carbocycles. The van der Waals surface area contributed by atoms with Gasteiger partial charge in [-0.2, -0.15) is 5.10 Å². The number of hydrogen-bond donors (Lipinski definition) is 1. The Kier molecular flexibility index (Phi) is 5.55. The van der Waals surface area contributed by atoms with E-state index in [1.165, 1.54) is 11.8 Å². The van der Waals surface area contributed by atoms with Crippen LogP contribution in [-0.4, -0.2) is 43.3 Å². The zero-order valence-electron chi connectivity index (χ0n) is 12.5. The van der Waals surface area contributed by atoms with E-state index in [1.54, 1.807) is 0 Å². The molecule has 1 atom stereocenters. The SMILES string of the molecule is CCNCC(C)c1c(C)nn(CCS(C)(=O)=O)c1C. The van der Waals surface area contributed by atoms with Crippen LogP contribution in [0.2, 0.25) is 0 Å². The van der Waals surface area contributed by atoms with Gasteiger partial charge in [0, 0.05) is 18.5 Å². The summed E-state index contributed by atoms with van der Waals surface area (Å²) in [7, 11) is -2.95. The summed E-state index contributed by atoms with van der Waals surface area (Å²) in [6, 6.07) is 0. The number of hydrogen-bond acceptors (Lipinski definition) is 4. The van der Waals surface area contributed by atoms with Gasteiger partial charge in [0.25, 0.3) is 0 Å². The van der Waals surface area contributed by atoms with E-state index < -0.39 is 9.84 Å². The number of aryl methyl sites for hydroxylation is 2. The molecule has 6 heteroatoms. The Morgan fingerprint density at radius 2 is 2.00 bits per heavy atom. The molecule has 0 aliphatic carbocycles. The minimum atomic E-state index is -2.95. The first-order valence-electron chi connectivity index (χ1n) is 6.68. The first kappa shape index (κ1) is 16.2. The van der Waals surface area contributed by atoms with Gasteiger partial charge in [0.2, 0.25) is 0 Å². The Morgan fingerprint density at radius 1 is 1.37 bits per heavy atom. The Hall–Kier alpha value is -0.880. The van der Waals surface area contributed by atoms with Gasteiger partial charge < -0.3 is 5.32 Å². The quantitative estimate of drug-likeness (QED) is 0.820. The third kappa shape index (κ3) is 4.62. The van der Waals surface area contributed by atoms with Crippen molar-refractivity contribution in [3.8, 4) is 0 Å². The van der Waals surface area contributed by atoms with Crippen molar-refractivity contribution in [2.75, 3.05) is 25.1 Å². The normalized spacial score (nSPS) is 13.7. The molecule has 0 amide bonds. The molecular formula is C13H25N3O2S. The van der Waals surface area contributed by atoms with Gasteiger partial charge in [-0.1, -0.05) is 13.8 Å². The summed E-state index contributed by atoms with van der Waals surface area (Å²) in [5, 5.41) is 7.80. The Bertz CT molecular complexity index is 520. The molecule has 1 heterocycles. The van der Waals surface area contributed by atoms with Crippen molar-refractivity contribution in [2.24, 2.45) is 0 Å². The van der Waals surface area contributed by atoms with Gasteiger partial charge in [-0.05, 0) is 31.9 Å². The highest BCUT2D eigenvalue weighted by molar-refractivity contribution is 7.90. The second-order valence-electron chi connectivity index (χ2n) is 5.15. The monoisotopic (exact) mass is 287 g/mol. The minimum absolute atomic E-state index is 0.135. The fourth-order valence-electron chi connectivity index (χ4n) is 2.36. The third-order valence-electron chi connectivity index (χ3n) is 3.30. The summed E-state index contributed by atoms with van der Waals surface area (Å²) in [4.78, 5) is 0. The average Bonchev–Trinajstić information content (AvgIpc) is 2.58. The Balaban J connectivity index is 2.87. The highest BCUT2D eigenvalue weighted by atomic mass is 32.2. The van der Waals surface area contributed by atoms with Crippen molar-refractivity contribution in [1.82, 2.24) is 15.1 Å². The number of sulfone groups is 1. The highest BCUT2D eigenvalue weighted by Crippen LogP contribution is 2.22. The van der Waals surface area contributed by atoms with Crippen molar-refractivity contribution in [2.45, 2.75) is 40.2 Å². The van der Waals surface area contributed by atoms with E-state index in [0.29, 0.717) is 12.5 Å². The molecule has 0 spiro atoms. The van der Waals surface area contributed by atoms with E-state index in [1.807, 2.05) is 18.5 Å². The van der Waals surface area contributed by atoms with E-state index in [2.05, 4.69) is 24.3 Å². The zero-order chi connectivity index (χ0) is 14.6. The number of rotatable bonds is 7. The minimum Gasteiger partial charge on any atom is -0.316 e. The lowest BCUT2D eigenvalue weighted by Crippen LogP contribution is -2.20. The first-order chi connectivity index (χ1) is 8.76. The van der Waals surface area contributed by atoms with Crippen LogP contribution in [0, 0.1) is 13.8 Å². The summed E-state index contributed by atoms with van der Waals surface area (Å²) >= 11 is 0. The van der Waals surface area contributed by atoms with Crippen LogP contribution in [0.25, 0.3) is 0 Å². The van der Waals surface area contributed by atoms with E-state index in [9.17, 15) is 8.42 Å². The lowest BCUT2D eigenvalue weighted by Gasteiger charge is -2.13. The molecule has 0 radical (unpaired) electrons. The first-order valence-corrected chi connectivity index (χ1v) is 8.74. The van der Waals surface area contributed by atoms with Gasteiger partial charge in [-0.15, -0.1) is 0 Å². The lowest BCUT2D eigenvalue weighted by atomic mass is 9.99. The smallest absolute Gasteiger partial charge is 0.149 e. The predicted molar refractivity (Wildman–Crippen MR) is 78.4 cm³/mol. The lowest BCUT2D eigenvalue weighted by molar-refractivity contribution is 0.580. The topological polar surface area (TPSA) is 64.0 Å². The summed E-state index contributed by atoms with van der Waals surface area (Å²) in [6.45, 7) is 10.5. The fraction of sp³-hybridized carbons (Fsp3) is 0.769. The van der Waals surface area contributed by atoms with Crippen LogP contribution in [-0.2, 0) is 16.4 Å². The van der Waals surface area contributed by atoms with Gasteiger partial charge >= 0.3 is 0 Å². The van der Waals surface area contributed by atoms with Crippen LogP contribution >= 0.6 is 0 Å². The van der Waals surface area contributed by atoms with E-state index in [-0.39, 0.29) is 5.75 Å². The number of aromatic nitrogens is 2. The van der Waals surface area contributed by atoms with Crippen LogP contribution in [0.4, 0.5) is 0 Å². The number of nitrogens with zero attached hydrogens (tertiary/aromatic N) is 2. The van der Waals surface area contributed by atoms with Crippen molar-refractivity contribution >= 4 is 9.84 Å². The Morgan fingerprint density at radius 3 is 2.53 bits per heavy atom. The second kappa shape index (κ2) is 6.52. The number of nitrogens with one attached hydrogen (secondary N) is 1. The van der Waals surface area contributed by atoms with Crippen molar-refractivity contribution in [1.29, 1.82) is 0 Å². The molecule has 0 bridgehead atoms. The molecule has 0 aliphatic rings. The molecule has 1 unspecified atom stereocenters. The molecule has 1 aromatic rings. The van der Waals surface area contributed by atoms with E-state index in [4.69, 9.17) is 0 Å². The number of likely N-dealkylation sites (N-methyl/N-ethyl adjacent to an activating group) is 1. The summed E-state index contributed by atoms with van der Waals surface area (Å²) in [6.07, 6.45) is 1.26. The molecule has 0 aliphatic heterocycles. The van der Waals surface area contributed by atoms with Crippen LogP contribution in [0.5, 0.6) is 0 Å². The van der Waals surface area contributed by atoms with Gasteiger partial charge in [0.1, 0.15) is 9.84 Å². The van der Waals surface area contributed by atoms with Crippen molar-refractivity contribution in [3.05, 3.63) is 17.0 Å². The second-order valence-corrected chi connectivity index (χ2v) is 7.41. The zero-order valence-corrected chi connectivity index (χ0v) is 13.3. The van der Waals surface area contributed by atoms with Gasteiger partial charge in [0.15, 0.2) is 0 Å². The third-order valence-corrected chi connectivity index (χ3v) is 4.23. The van der Waals surface area contributed by atoms with Gasteiger partial charge in [0.05, 0.1) is 18.0 Å². The molecule has 1 rings (SSSR count). The largest absolute Gasteiger partial charge is 0.316 e. The van der Waals surface area contributed by atoms with E-state index in [0.717, 1.165) is 24.5 Å². The fourth-order valence-corrected chi connectivity index (χ4v) is 2.86. The molecular weight excluding hydrogens is 262 g/mol. The van der Waals surface area contributed by atoms with Crippen molar-refractivity contribution in [3.63, 3.8) is 0 Å². The van der Waals surface area contributed by atoms with Crippen LogP contribution in [0.1, 0.15) is 36.7 Å². The maximum absolute atomic E-state index is 11.2. The Labute approximate surface area is 116 Å². The average molecular weight is 287 g/mol. The molecule has 0 saturated carbocycles. The highest BCUT2D eigenvalue weighted by Gasteiger charge is 2.17. The van der Waals surface area contributed by atoms with Crippen LogP contribution in [0.3, 0.4) is 0 Å². The van der Waals surface area contributed by atoms with E-state index >= 15 is 0 Å². The van der Waals surface area contributed by atoms with Crippen molar-refractivity contribution < 1.29 is 8.42 Å². The summed E-state index contributed by atoms with van der Waals surface area (Å²) < 4.78 is 24.3. The summed E-state index contributed by atoms with van der Waals surface area (Å²) in [5.41, 5.74) is 3.30. The van der Waals surface area contributed by atoms with Crippen LogP contribution < -0.4 is 5.32 Å². The summed E-state index contributed by atoms with van der Waals surface area (Å²) in [5.74, 6) is 0.516. The molecule has 5 nitrogen and oxygen atoms in total. The van der Waals surface area contributed by atoms with Gasteiger partial charge in [-0.25, -0.2) is 8.42 Å². The molecule has 110 valence electrons. The maximum atomic E-state index is 11.2. The predicted octanol–water partition coefficient (Wildman–Crippen LogP) is 1.26. The molecule has 1 aromatic heterocycles. The molecule has 0 saturated heterocycles. The molecule has 0 fully saturated rings. The standard InChI is InChI=1S/C13H25N3O2S/c1-6-14-9-10(2)13-11(3)15-16(12(13)4)7-8-19(5,17)18/h10,14H,6-9H2,1-5H3. The van der Waals surface area contributed by atoms with Gasteiger partial charge in [-0.3, -0.25) is 4.68 Å².